The molecule has 4 aromatic rings. The summed E-state index contributed by atoms with van der Waals surface area (Å²) in [5, 5.41) is 14.9. The van der Waals surface area contributed by atoms with Crippen LogP contribution in [0.5, 0.6) is 5.75 Å². The van der Waals surface area contributed by atoms with Gasteiger partial charge in [-0.25, -0.2) is 4.79 Å². The van der Waals surface area contributed by atoms with Gasteiger partial charge in [0.25, 0.3) is 11.6 Å². The number of aryl methyl sites for hydroxylation is 1. The lowest BCUT2D eigenvalue weighted by Gasteiger charge is -2.36. The standard InChI is InChI=1S/C34H33N3O8/c1-3-43-34(40)28-8-6-10-30(45-33(39)23-11-15-25(16-12-23)37(41)42)31(28)36-32(38)22-13-17-26(18-14-22)44-20-24-19-21(2)35-29-9-5-4-7-27(24)29/h4-5,7,9,11-19,28,30-31H,3,6,8,10,20H2,1-2H3,(H,36,38)/t28-,30-,31?/m0/s1. The second-order valence-electron chi connectivity index (χ2n) is 10.8. The maximum absolute atomic E-state index is 13.4. The summed E-state index contributed by atoms with van der Waals surface area (Å²) >= 11 is 0. The lowest BCUT2D eigenvalue weighted by atomic mass is 9.82. The minimum Gasteiger partial charge on any atom is -0.489 e. The van der Waals surface area contributed by atoms with Crippen LogP contribution in [0.25, 0.3) is 10.9 Å². The highest BCUT2D eigenvalue weighted by Crippen LogP contribution is 2.30. The predicted octanol–water partition coefficient (Wildman–Crippen LogP) is 5.72. The summed E-state index contributed by atoms with van der Waals surface area (Å²) in [6.45, 7) is 4.12. The minimum absolute atomic E-state index is 0.120. The van der Waals surface area contributed by atoms with Crippen molar-refractivity contribution in [3.8, 4) is 5.75 Å². The molecule has 5 rings (SSSR count). The third-order valence-corrected chi connectivity index (χ3v) is 7.74. The van der Waals surface area contributed by atoms with Gasteiger partial charge in [0.1, 0.15) is 18.5 Å². The summed E-state index contributed by atoms with van der Waals surface area (Å²) in [4.78, 5) is 54.2. The Hall–Kier alpha value is -5.32. The molecular weight excluding hydrogens is 578 g/mol. The Kier molecular flexibility index (Phi) is 9.67. The van der Waals surface area contributed by atoms with E-state index in [0.717, 1.165) is 22.2 Å². The normalized spacial score (nSPS) is 17.7. The number of amides is 1. The fourth-order valence-corrected chi connectivity index (χ4v) is 5.53. The molecule has 0 aliphatic heterocycles. The van der Waals surface area contributed by atoms with Gasteiger partial charge in [-0.2, -0.15) is 0 Å². The number of ether oxygens (including phenoxy) is 3. The zero-order chi connectivity index (χ0) is 31.9. The molecule has 1 amide bonds. The van der Waals surface area contributed by atoms with Crippen LogP contribution in [0.1, 0.15) is 58.2 Å². The van der Waals surface area contributed by atoms with Crippen LogP contribution in [0.3, 0.4) is 0 Å². The van der Waals surface area contributed by atoms with E-state index in [2.05, 4.69) is 10.3 Å². The third-order valence-electron chi connectivity index (χ3n) is 7.74. The van der Waals surface area contributed by atoms with Gasteiger partial charge in [0.2, 0.25) is 0 Å². The van der Waals surface area contributed by atoms with Gasteiger partial charge >= 0.3 is 11.9 Å². The highest BCUT2D eigenvalue weighted by molar-refractivity contribution is 5.95. The van der Waals surface area contributed by atoms with Crippen molar-refractivity contribution in [1.82, 2.24) is 10.3 Å². The highest BCUT2D eigenvalue weighted by Gasteiger charge is 2.41. The van der Waals surface area contributed by atoms with Gasteiger partial charge in [-0.05, 0) is 81.6 Å². The van der Waals surface area contributed by atoms with Crippen molar-refractivity contribution in [1.29, 1.82) is 0 Å². The maximum Gasteiger partial charge on any atom is 0.338 e. The number of nitro groups is 1. The Balaban J connectivity index is 1.28. The number of rotatable bonds is 10. The molecule has 11 heteroatoms. The largest absolute Gasteiger partial charge is 0.489 e. The number of para-hydroxylation sites is 1. The van der Waals surface area contributed by atoms with Crippen molar-refractivity contribution in [2.75, 3.05) is 6.61 Å². The van der Waals surface area contributed by atoms with Crippen LogP contribution in [-0.4, -0.2) is 46.5 Å². The maximum atomic E-state index is 13.4. The number of hydrogen-bond donors (Lipinski definition) is 1. The number of nitrogens with zero attached hydrogens (tertiary/aromatic N) is 2. The lowest BCUT2D eigenvalue weighted by molar-refractivity contribution is -0.384. The van der Waals surface area contributed by atoms with Crippen molar-refractivity contribution in [3.63, 3.8) is 0 Å². The first kappa shape index (κ1) is 31.1. The SMILES string of the molecule is CCOC(=O)[C@H]1CCC[C@H](OC(=O)c2ccc([N+](=O)[O-])cc2)C1NC(=O)c1ccc(OCc2cc(C)nc3ccccc23)cc1. The van der Waals surface area contributed by atoms with E-state index >= 15 is 0 Å². The van der Waals surface area contributed by atoms with Gasteiger partial charge in [0.05, 0.1) is 34.6 Å². The molecule has 1 N–H and O–H groups in total. The van der Waals surface area contributed by atoms with Crippen molar-refractivity contribution in [3.05, 3.63) is 111 Å². The van der Waals surface area contributed by atoms with Crippen molar-refractivity contribution in [2.45, 2.75) is 51.9 Å². The fraction of sp³-hybridized carbons (Fsp3) is 0.294. The molecular formula is C34H33N3O8. The molecule has 1 unspecified atom stereocenters. The number of nitro benzene ring substituents is 1. The fourth-order valence-electron chi connectivity index (χ4n) is 5.53. The highest BCUT2D eigenvalue weighted by atomic mass is 16.6. The van der Waals surface area contributed by atoms with E-state index in [1.54, 1.807) is 31.2 Å². The van der Waals surface area contributed by atoms with E-state index in [1.165, 1.54) is 24.3 Å². The first-order valence-electron chi connectivity index (χ1n) is 14.7. The Labute approximate surface area is 259 Å². The van der Waals surface area contributed by atoms with Gasteiger partial charge in [-0.1, -0.05) is 18.2 Å². The van der Waals surface area contributed by atoms with Crippen LogP contribution in [0, 0.1) is 23.0 Å². The van der Waals surface area contributed by atoms with Gasteiger partial charge in [-0.3, -0.25) is 24.7 Å². The molecule has 11 nitrogen and oxygen atoms in total. The molecule has 3 aromatic carbocycles. The van der Waals surface area contributed by atoms with E-state index in [9.17, 15) is 24.5 Å². The number of carbonyl (C=O) groups is 3. The van der Waals surface area contributed by atoms with Crippen molar-refractivity contribution in [2.24, 2.45) is 5.92 Å². The van der Waals surface area contributed by atoms with E-state index in [4.69, 9.17) is 14.2 Å². The topological polar surface area (TPSA) is 147 Å². The second-order valence-corrected chi connectivity index (χ2v) is 10.8. The van der Waals surface area contributed by atoms with Crippen LogP contribution in [0.2, 0.25) is 0 Å². The number of carbonyl (C=O) groups excluding carboxylic acids is 3. The van der Waals surface area contributed by atoms with E-state index < -0.39 is 40.8 Å². The van der Waals surface area contributed by atoms with Gasteiger partial charge in [0.15, 0.2) is 0 Å². The molecule has 1 heterocycles. The molecule has 0 spiro atoms. The molecule has 1 saturated carbocycles. The number of benzene rings is 3. The average Bonchev–Trinajstić information content (AvgIpc) is 3.04. The van der Waals surface area contributed by atoms with Crippen molar-refractivity contribution < 1.29 is 33.5 Å². The third kappa shape index (κ3) is 7.43. The average molecular weight is 612 g/mol. The predicted molar refractivity (Wildman–Crippen MR) is 165 cm³/mol. The number of aromatic nitrogens is 1. The number of esters is 2. The molecule has 0 radical (unpaired) electrons. The van der Waals surface area contributed by atoms with Crippen LogP contribution in [0.15, 0.2) is 78.9 Å². The number of pyridine rings is 1. The zero-order valence-electron chi connectivity index (χ0n) is 24.9. The summed E-state index contributed by atoms with van der Waals surface area (Å²) < 4.78 is 17.1. The lowest BCUT2D eigenvalue weighted by Crippen LogP contribution is -2.54. The Morgan fingerprint density at radius 2 is 1.69 bits per heavy atom. The molecule has 1 aromatic heterocycles. The van der Waals surface area contributed by atoms with Crippen LogP contribution in [0.4, 0.5) is 5.69 Å². The van der Waals surface area contributed by atoms with Gasteiger partial charge < -0.3 is 19.5 Å². The van der Waals surface area contributed by atoms with E-state index in [0.29, 0.717) is 37.2 Å². The number of hydrogen-bond acceptors (Lipinski definition) is 9. The number of fused-ring (bicyclic) bond motifs is 1. The smallest absolute Gasteiger partial charge is 0.338 e. The van der Waals surface area contributed by atoms with E-state index in [-0.39, 0.29) is 17.9 Å². The Morgan fingerprint density at radius 3 is 2.40 bits per heavy atom. The molecule has 0 saturated heterocycles. The first-order valence-corrected chi connectivity index (χ1v) is 14.7. The van der Waals surface area contributed by atoms with Crippen molar-refractivity contribution >= 4 is 34.4 Å². The van der Waals surface area contributed by atoms with Crippen LogP contribution >= 0.6 is 0 Å². The zero-order valence-corrected chi connectivity index (χ0v) is 24.9. The molecule has 232 valence electrons. The summed E-state index contributed by atoms with van der Waals surface area (Å²) in [6, 6.07) is 20.7. The summed E-state index contributed by atoms with van der Waals surface area (Å²) in [5.41, 5.74) is 3.07. The Bertz CT molecular complexity index is 1710. The molecule has 45 heavy (non-hydrogen) atoms. The summed E-state index contributed by atoms with van der Waals surface area (Å²) in [5.74, 6) is -1.80. The van der Waals surface area contributed by atoms with Crippen LogP contribution < -0.4 is 10.1 Å². The van der Waals surface area contributed by atoms with Gasteiger partial charge in [0, 0.05) is 34.3 Å². The molecule has 1 aliphatic rings. The minimum atomic E-state index is -0.841. The number of non-ortho nitro benzene ring substituents is 1. The Morgan fingerprint density at radius 1 is 0.978 bits per heavy atom. The second kappa shape index (κ2) is 14.0. The van der Waals surface area contributed by atoms with Gasteiger partial charge in [-0.15, -0.1) is 0 Å². The molecule has 0 bridgehead atoms. The first-order chi connectivity index (χ1) is 21.7. The summed E-state index contributed by atoms with van der Waals surface area (Å²) in [6.07, 6.45) is 0.619. The summed E-state index contributed by atoms with van der Waals surface area (Å²) in [7, 11) is 0. The molecule has 1 fully saturated rings. The quantitative estimate of drug-likeness (QED) is 0.135. The number of nitrogens with one attached hydrogen (secondary N) is 1. The monoisotopic (exact) mass is 611 g/mol. The van der Waals surface area contributed by atoms with E-state index in [1.807, 2.05) is 37.3 Å². The molecule has 3 atom stereocenters. The molecule has 1 aliphatic carbocycles. The van der Waals surface area contributed by atoms with Crippen LogP contribution in [-0.2, 0) is 20.9 Å².